The molecule has 0 aliphatic rings. The van der Waals surface area contributed by atoms with Gasteiger partial charge in [0, 0.05) is 0 Å². The zero-order valence-electron chi connectivity index (χ0n) is 12.0. The van der Waals surface area contributed by atoms with Gasteiger partial charge in [0.1, 0.15) is 0 Å². The third-order valence-corrected chi connectivity index (χ3v) is 3.26. The monoisotopic (exact) mass is 242 g/mol. The molecule has 0 amide bonds. The lowest BCUT2D eigenvalue weighted by molar-refractivity contribution is 0.542. The average Bonchev–Trinajstić information content (AvgIpc) is 2.35. The van der Waals surface area contributed by atoms with E-state index in [1.54, 1.807) is 0 Å². The molecule has 0 bridgehead atoms. The van der Waals surface area contributed by atoms with Crippen molar-refractivity contribution in [3.8, 4) is 0 Å². The van der Waals surface area contributed by atoms with Gasteiger partial charge in [-0.15, -0.1) is 0 Å². The van der Waals surface area contributed by atoms with Gasteiger partial charge >= 0.3 is 0 Å². The third kappa shape index (κ3) is 15.9. The zero-order valence-corrected chi connectivity index (χ0v) is 12.0. The molecule has 0 heterocycles. The average molecular weight is 242 g/mol. The van der Waals surface area contributed by atoms with Crippen molar-refractivity contribution >= 4 is 0 Å². The molecule has 0 aromatic rings. The van der Waals surface area contributed by atoms with Crippen LogP contribution in [0.15, 0.2) is 0 Å². The Hall–Kier alpha value is -0.0800. The summed E-state index contributed by atoms with van der Waals surface area (Å²) in [4.78, 5) is 0. The van der Waals surface area contributed by atoms with Gasteiger partial charge in [-0.1, -0.05) is 58.3 Å². The summed E-state index contributed by atoms with van der Waals surface area (Å²) in [6.45, 7) is 5.54. The molecule has 0 aromatic heterocycles. The summed E-state index contributed by atoms with van der Waals surface area (Å²) < 4.78 is 0. The Labute approximate surface area is 109 Å². The fourth-order valence-electron chi connectivity index (χ4n) is 2.06. The number of unbranched alkanes of at least 4 members (excludes halogenated alkanes) is 9. The van der Waals surface area contributed by atoms with Gasteiger partial charge < -0.3 is 11.1 Å². The summed E-state index contributed by atoms with van der Waals surface area (Å²) in [6, 6.07) is 0. The van der Waals surface area contributed by atoms with Crippen LogP contribution < -0.4 is 11.1 Å². The van der Waals surface area contributed by atoms with Gasteiger partial charge in [-0.25, -0.2) is 0 Å². The van der Waals surface area contributed by atoms with E-state index in [0.717, 1.165) is 6.54 Å². The van der Waals surface area contributed by atoms with Crippen LogP contribution >= 0.6 is 0 Å². The van der Waals surface area contributed by atoms with Crippen LogP contribution in [0.3, 0.4) is 0 Å². The molecule has 104 valence electrons. The lowest BCUT2D eigenvalue weighted by atomic mass is 10.1. The smallest absolute Gasteiger partial charge is 0.00489 e. The van der Waals surface area contributed by atoms with E-state index in [1.165, 1.54) is 83.7 Å². The van der Waals surface area contributed by atoms with Crippen molar-refractivity contribution in [2.75, 3.05) is 19.6 Å². The second-order valence-electron chi connectivity index (χ2n) is 5.07. The molecule has 0 rings (SSSR count). The molecule has 0 atom stereocenters. The largest absolute Gasteiger partial charge is 0.330 e. The third-order valence-electron chi connectivity index (χ3n) is 3.26. The van der Waals surface area contributed by atoms with Crippen LogP contribution in [-0.4, -0.2) is 19.6 Å². The van der Waals surface area contributed by atoms with Gasteiger partial charge in [0.2, 0.25) is 0 Å². The van der Waals surface area contributed by atoms with Crippen molar-refractivity contribution < 1.29 is 0 Å². The first-order valence-electron chi connectivity index (χ1n) is 7.82. The second-order valence-corrected chi connectivity index (χ2v) is 5.07. The van der Waals surface area contributed by atoms with Crippen molar-refractivity contribution in [3.63, 3.8) is 0 Å². The van der Waals surface area contributed by atoms with Gasteiger partial charge in [-0.05, 0) is 38.9 Å². The summed E-state index contributed by atoms with van der Waals surface area (Å²) in [7, 11) is 0. The fourth-order valence-corrected chi connectivity index (χ4v) is 2.06. The van der Waals surface area contributed by atoms with Gasteiger partial charge in [-0.2, -0.15) is 0 Å². The minimum Gasteiger partial charge on any atom is -0.330 e. The molecule has 0 saturated heterocycles. The summed E-state index contributed by atoms with van der Waals surface area (Å²) in [5, 5.41) is 3.50. The van der Waals surface area contributed by atoms with Crippen LogP contribution in [0.5, 0.6) is 0 Å². The number of hydrogen-bond acceptors (Lipinski definition) is 2. The molecule has 0 fully saturated rings. The molecule has 2 nitrogen and oxygen atoms in total. The van der Waals surface area contributed by atoms with Gasteiger partial charge in [0.25, 0.3) is 0 Å². The fraction of sp³-hybridized carbons (Fsp3) is 1.00. The number of nitrogens with one attached hydrogen (secondary N) is 1. The standard InChI is InChI=1S/C15H34N2/c1-2-3-14-17-15-12-10-8-6-4-5-7-9-11-13-16/h17H,2-16H2,1H3. The topological polar surface area (TPSA) is 38.0 Å². The summed E-state index contributed by atoms with van der Waals surface area (Å²) in [6.07, 6.45) is 15.0. The number of rotatable bonds is 14. The molecule has 0 unspecified atom stereocenters. The van der Waals surface area contributed by atoms with Crippen molar-refractivity contribution in [3.05, 3.63) is 0 Å². The highest BCUT2D eigenvalue weighted by Crippen LogP contribution is 2.09. The zero-order chi connectivity index (χ0) is 12.6. The van der Waals surface area contributed by atoms with Crippen LogP contribution in [0.1, 0.15) is 77.6 Å². The molecular weight excluding hydrogens is 208 g/mol. The quantitative estimate of drug-likeness (QED) is 0.454. The van der Waals surface area contributed by atoms with Gasteiger partial charge in [0.15, 0.2) is 0 Å². The van der Waals surface area contributed by atoms with Gasteiger partial charge in [0.05, 0.1) is 0 Å². The first-order valence-corrected chi connectivity index (χ1v) is 7.82. The minimum atomic E-state index is 0.866. The van der Waals surface area contributed by atoms with E-state index in [2.05, 4.69) is 12.2 Å². The Kier molecular flexibility index (Phi) is 15.8. The Morgan fingerprint density at radius 2 is 1.12 bits per heavy atom. The van der Waals surface area contributed by atoms with E-state index in [4.69, 9.17) is 5.73 Å². The maximum atomic E-state index is 5.46. The molecule has 17 heavy (non-hydrogen) atoms. The molecule has 3 N–H and O–H groups in total. The maximum absolute atomic E-state index is 5.46. The number of nitrogens with two attached hydrogens (primary N) is 1. The molecule has 0 saturated carbocycles. The Morgan fingerprint density at radius 1 is 0.647 bits per heavy atom. The summed E-state index contributed by atoms with van der Waals surface area (Å²) in [5.41, 5.74) is 5.46. The first-order chi connectivity index (χ1) is 8.41. The molecular formula is C15H34N2. The second kappa shape index (κ2) is 15.9. The van der Waals surface area contributed by atoms with Crippen LogP contribution in [0.4, 0.5) is 0 Å². The highest BCUT2D eigenvalue weighted by Gasteiger charge is 1.92. The Bertz CT molecular complexity index is 112. The Balaban J connectivity index is 2.85. The summed E-state index contributed by atoms with van der Waals surface area (Å²) >= 11 is 0. The van der Waals surface area contributed by atoms with Crippen molar-refractivity contribution in [1.29, 1.82) is 0 Å². The number of hydrogen-bond donors (Lipinski definition) is 2. The van der Waals surface area contributed by atoms with Crippen molar-refractivity contribution in [2.45, 2.75) is 77.6 Å². The molecule has 0 aliphatic carbocycles. The molecule has 0 radical (unpaired) electrons. The predicted octanol–water partition coefficient (Wildman–Crippen LogP) is 3.85. The molecule has 0 aromatic carbocycles. The van der Waals surface area contributed by atoms with E-state index >= 15 is 0 Å². The maximum Gasteiger partial charge on any atom is -0.00489 e. The van der Waals surface area contributed by atoms with E-state index < -0.39 is 0 Å². The van der Waals surface area contributed by atoms with E-state index in [9.17, 15) is 0 Å². The van der Waals surface area contributed by atoms with Crippen molar-refractivity contribution in [2.24, 2.45) is 5.73 Å². The first kappa shape index (κ1) is 16.9. The lowest BCUT2D eigenvalue weighted by Crippen LogP contribution is -2.16. The van der Waals surface area contributed by atoms with E-state index in [0.29, 0.717) is 0 Å². The normalized spacial score (nSPS) is 10.9. The Morgan fingerprint density at radius 3 is 1.65 bits per heavy atom. The van der Waals surface area contributed by atoms with Crippen LogP contribution in [0, 0.1) is 0 Å². The molecule has 0 aliphatic heterocycles. The highest BCUT2D eigenvalue weighted by molar-refractivity contribution is 4.50. The molecule has 2 heteroatoms. The predicted molar refractivity (Wildman–Crippen MR) is 78.4 cm³/mol. The molecule has 0 spiro atoms. The lowest BCUT2D eigenvalue weighted by Gasteiger charge is -2.04. The van der Waals surface area contributed by atoms with Crippen LogP contribution in [0.2, 0.25) is 0 Å². The highest BCUT2D eigenvalue weighted by atomic mass is 14.8. The summed E-state index contributed by atoms with van der Waals surface area (Å²) in [5.74, 6) is 0. The van der Waals surface area contributed by atoms with Crippen molar-refractivity contribution in [1.82, 2.24) is 5.32 Å². The van der Waals surface area contributed by atoms with Crippen LogP contribution in [-0.2, 0) is 0 Å². The van der Waals surface area contributed by atoms with Gasteiger partial charge in [-0.3, -0.25) is 0 Å². The minimum absolute atomic E-state index is 0.866. The van der Waals surface area contributed by atoms with E-state index in [-0.39, 0.29) is 0 Å². The van der Waals surface area contributed by atoms with Crippen LogP contribution in [0.25, 0.3) is 0 Å². The SMILES string of the molecule is CCCCNCCCCCCCCCCCN. The van der Waals surface area contributed by atoms with E-state index in [1.807, 2.05) is 0 Å².